The number of hydrogen-bond acceptors (Lipinski definition) is 2. The van der Waals surface area contributed by atoms with Gasteiger partial charge < -0.3 is 5.32 Å². The molecule has 3 aromatic rings. The van der Waals surface area contributed by atoms with Crippen LogP contribution < -0.4 is 10.2 Å². The fraction of sp³-hybridized carbons (Fsp3) is 0.0500. The van der Waals surface area contributed by atoms with Crippen LogP contribution in [0, 0.1) is 0 Å². The summed E-state index contributed by atoms with van der Waals surface area (Å²) in [4.78, 5) is 14.9. The van der Waals surface area contributed by atoms with E-state index in [0.29, 0.717) is 10.6 Å². The number of amides is 1. The molecule has 0 bridgehead atoms. The predicted molar refractivity (Wildman–Crippen MR) is 97.5 cm³/mol. The molecule has 1 N–H and O–H groups in total. The minimum absolute atomic E-state index is 0.0273. The normalized spacial score (nSPS) is 16.5. The molecule has 1 heterocycles. The van der Waals surface area contributed by atoms with E-state index in [9.17, 15) is 4.79 Å². The highest BCUT2D eigenvalue weighted by molar-refractivity contribution is 6.30. The van der Waals surface area contributed by atoms with E-state index in [1.807, 2.05) is 66.7 Å². The molecule has 4 heteroatoms. The van der Waals surface area contributed by atoms with Crippen LogP contribution in [0.4, 0.5) is 11.4 Å². The lowest BCUT2D eigenvalue weighted by Gasteiger charge is -2.38. The SMILES string of the molecule is O=C1c2ccccc2NC(c2ccccc2)N1c1ccc(Cl)cc1. The van der Waals surface area contributed by atoms with Gasteiger partial charge in [-0.25, -0.2) is 0 Å². The molecule has 0 aromatic heterocycles. The second kappa shape index (κ2) is 6.02. The Morgan fingerprint density at radius 3 is 2.25 bits per heavy atom. The molecule has 1 amide bonds. The number of nitrogens with zero attached hydrogens (tertiary/aromatic N) is 1. The van der Waals surface area contributed by atoms with Crippen LogP contribution in [0.2, 0.25) is 5.02 Å². The maximum absolute atomic E-state index is 13.1. The largest absolute Gasteiger partial charge is 0.360 e. The average molecular weight is 335 g/mol. The molecule has 0 saturated carbocycles. The first-order valence-corrected chi connectivity index (χ1v) is 8.11. The lowest BCUT2D eigenvalue weighted by molar-refractivity contribution is 0.0975. The first kappa shape index (κ1) is 14.8. The van der Waals surface area contributed by atoms with Crippen LogP contribution in [0.5, 0.6) is 0 Å². The Labute approximate surface area is 145 Å². The molecule has 0 saturated heterocycles. The second-order valence-corrected chi connectivity index (χ2v) is 6.09. The standard InChI is InChI=1S/C20H15ClN2O/c21-15-10-12-16(13-11-15)23-19(14-6-2-1-3-7-14)22-18-9-5-4-8-17(18)20(23)24/h1-13,19,22H. The summed E-state index contributed by atoms with van der Waals surface area (Å²) >= 11 is 6.00. The smallest absolute Gasteiger partial charge is 0.262 e. The fourth-order valence-electron chi connectivity index (χ4n) is 2.99. The molecule has 1 aliphatic rings. The Balaban J connectivity index is 1.86. The summed E-state index contributed by atoms with van der Waals surface area (Å²) in [6.45, 7) is 0. The Bertz CT molecular complexity index is 878. The van der Waals surface area contributed by atoms with Crippen molar-refractivity contribution in [3.8, 4) is 0 Å². The Kier molecular flexibility index (Phi) is 3.71. The zero-order valence-electron chi connectivity index (χ0n) is 12.8. The van der Waals surface area contributed by atoms with Crippen LogP contribution in [0.3, 0.4) is 0 Å². The van der Waals surface area contributed by atoms with E-state index < -0.39 is 0 Å². The van der Waals surface area contributed by atoms with Gasteiger partial charge >= 0.3 is 0 Å². The third-order valence-corrected chi connectivity index (χ3v) is 4.40. The molecule has 1 atom stereocenters. The quantitative estimate of drug-likeness (QED) is 0.706. The van der Waals surface area contributed by atoms with Gasteiger partial charge in [0.1, 0.15) is 6.17 Å². The van der Waals surface area contributed by atoms with Gasteiger partial charge in [0.05, 0.1) is 5.56 Å². The van der Waals surface area contributed by atoms with Gasteiger partial charge in [-0.3, -0.25) is 9.69 Å². The minimum Gasteiger partial charge on any atom is -0.360 e. The summed E-state index contributed by atoms with van der Waals surface area (Å²) in [5.74, 6) is -0.0273. The molecule has 0 aliphatic carbocycles. The third kappa shape index (κ3) is 2.53. The minimum atomic E-state index is -0.269. The lowest BCUT2D eigenvalue weighted by Crippen LogP contribution is -2.43. The van der Waals surface area contributed by atoms with Crippen LogP contribution >= 0.6 is 11.6 Å². The van der Waals surface area contributed by atoms with Crippen molar-refractivity contribution in [2.24, 2.45) is 0 Å². The molecule has 0 radical (unpaired) electrons. The highest BCUT2D eigenvalue weighted by Crippen LogP contribution is 2.36. The Morgan fingerprint density at radius 1 is 0.833 bits per heavy atom. The van der Waals surface area contributed by atoms with E-state index in [0.717, 1.165) is 16.9 Å². The zero-order chi connectivity index (χ0) is 16.5. The van der Waals surface area contributed by atoms with E-state index in [1.54, 1.807) is 17.0 Å². The average Bonchev–Trinajstić information content (AvgIpc) is 2.63. The summed E-state index contributed by atoms with van der Waals surface area (Å²) in [5.41, 5.74) is 3.34. The number of carbonyl (C=O) groups is 1. The molecule has 4 rings (SSSR count). The van der Waals surface area contributed by atoms with Crippen molar-refractivity contribution in [3.63, 3.8) is 0 Å². The summed E-state index contributed by atoms with van der Waals surface area (Å²) < 4.78 is 0. The van der Waals surface area contributed by atoms with E-state index >= 15 is 0 Å². The first-order chi connectivity index (χ1) is 11.7. The summed E-state index contributed by atoms with van der Waals surface area (Å²) in [7, 11) is 0. The van der Waals surface area contributed by atoms with Crippen LogP contribution in [0.15, 0.2) is 78.9 Å². The molecule has 1 unspecified atom stereocenters. The van der Waals surface area contributed by atoms with Gasteiger partial charge in [-0.2, -0.15) is 0 Å². The van der Waals surface area contributed by atoms with Crippen molar-refractivity contribution in [1.29, 1.82) is 0 Å². The van der Waals surface area contributed by atoms with Crippen LogP contribution in [-0.4, -0.2) is 5.91 Å². The Morgan fingerprint density at radius 2 is 1.50 bits per heavy atom. The zero-order valence-corrected chi connectivity index (χ0v) is 13.6. The van der Waals surface area contributed by atoms with Crippen molar-refractivity contribution < 1.29 is 4.79 Å². The molecule has 3 nitrogen and oxygen atoms in total. The molecule has 118 valence electrons. The van der Waals surface area contributed by atoms with Gasteiger partial charge in [0.15, 0.2) is 0 Å². The van der Waals surface area contributed by atoms with Gasteiger partial charge in [-0.15, -0.1) is 0 Å². The van der Waals surface area contributed by atoms with E-state index in [2.05, 4.69) is 5.32 Å². The number of carbonyl (C=O) groups excluding carboxylic acids is 1. The number of nitrogens with one attached hydrogen (secondary N) is 1. The molecule has 3 aromatic carbocycles. The third-order valence-electron chi connectivity index (χ3n) is 4.15. The number of halogens is 1. The number of rotatable bonds is 2. The summed E-state index contributed by atoms with van der Waals surface area (Å²) in [6.07, 6.45) is -0.269. The van der Waals surface area contributed by atoms with Gasteiger partial charge in [-0.1, -0.05) is 54.1 Å². The number of para-hydroxylation sites is 1. The van der Waals surface area contributed by atoms with Gasteiger partial charge in [0, 0.05) is 16.4 Å². The molecular weight excluding hydrogens is 320 g/mol. The van der Waals surface area contributed by atoms with Gasteiger partial charge in [-0.05, 0) is 42.0 Å². The van der Waals surface area contributed by atoms with Crippen LogP contribution in [-0.2, 0) is 0 Å². The molecule has 0 fully saturated rings. The van der Waals surface area contributed by atoms with E-state index in [1.165, 1.54) is 0 Å². The van der Waals surface area contributed by atoms with E-state index in [4.69, 9.17) is 11.6 Å². The molecule has 0 spiro atoms. The maximum Gasteiger partial charge on any atom is 0.262 e. The van der Waals surface area contributed by atoms with Crippen molar-refractivity contribution in [3.05, 3.63) is 95.0 Å². The fourth-order valence-corrected chi connectivity index (χ4v) is 3.12. The van der Waals surface area contributed by atoms with Crippen LogP contribution in [0.25, 0.3) is 0 Å². The van der Waals surface area contributed by atoms with Crippen LogP contribution in [0.1, 0.15) is 22.1 Å². The number of benzene rings is 3. The first-order valence-electron chi connectivity index (χ1n) is 7.74. The Hall–Kier alpha value is -2.78. The number of anilines is 2. The lowest BCUT2D eigenvalue weighted by atomic mass is 10.0. The van der Waals surface area contributed by atoms with Crippen molar-refractivity contribution in [1.82, 2.24) is 0 Å². The van der Waals surface area contributed by atoms with Crippen molar-refractivity contribution in [2.45, 2.75) is 6.17 Å². The number of hydrogen-bond donors (Lipinski definition) is 1. The summed E-state index contributed by atoms with van der Waals surface area (Å²) in [5, 5.41) is 4.13. The van der Waals surface area contributed by atoms with Gasteiger partial charge in [0.25, 0.3) is 5.91 Å². The predicted octanol–water partition coefficient (Wildman–Crippen LogP) is 5.11. The van der Waals surface area contributed by atoms with Crippen molar-refractivity contribution in [2.75, 3.05) is 10.2 Å². The topological polar surface area (TPSA) is 32.3 Å². The van der Waals surface area contributed by atoms with Crippen molar-refractivity contribution >= 4 is 28.9 Å². The van der Waals surface area contributed by atoms with E-state index in [-0.39, 0.29) is 12.1 Å². The molecule has 24 heavy (non-hydrogen) atoms. The second-order valence-electron chi connectivity index (χ2n) is 5.65. The molecular formula is C20H15ClN2O. The maximum atomic E-state index is 13.1. The highest BCUT2D eigenvalue weighted by Gasteiger charge is 2.33. The number of fused-ring (bicyclic) bond motifs is 1. The van der Waals surface area contributed by atoms with Gasteiger partial charge in [0.2, 0.25) is 0 Å². The monoisotopic (exact) mass is 334 g/mol. The molecule has 1 aliphatic heterocycles. The highest BCUT2D eigenvalue weighted by atomic mass is 35.5. The summed E-state index contributed by atoms with van der Waals surface area (Å²) in [6, 6.07) is 24.9.